The molecule has 1 aliphatic heterocycles. The van der Waals surface area contributed by atoms with Crippen molar-refractivity contribution in [2.75, 3.05) is 39.3 Å². The van der Waals surface area contributed by atoms with Gasteiger partial charge in [-0.1, -0.05) is 13.8 Å². The van der Waals surface area contributed by atoms with Crippen molar-refractivity contribution < 1.29 is 9.59 Å². The number of piperazine rings is 1. The first-order valence-corrected chi connectivity index (χ1v) is 6.51. The fourth-order valence-corrected chi connectivity index (χ4v) is 1.99. The number of urea groups is 1. The summed E-state index contributed by atoms with van der Waals surface area (Å²) in [6, 6.07) is -0.782. The van der Waals surface area contributed by atoms with Gasteiger partial charge in [0.15, 0.2) is 0 Å². The molecule has 6 heteroatoms. The normalized spacial score (nSPS) is 17.9. The third-order valence-electron chi connectivity index (χ3n) is 3.12. The van der Waals surface area contributed by atoms with Crippen LogP contribution in [0.2, 0.25) is 0 Å². The van der Waals surface area contributed by atoms with Gasteiger partial charge in [0, 0.05) is 26.2 Å². The fourth-order valence-electron chi connectivity index (χ4n) is 1.99. The lowest BCUT2D eigenvalue weighted by Crippen LogP contribution is -2.50. The van der Waals surface area contributed by atoms with Gasteiger partial charge in [-0.05, 0) is 18.9 Å². The summed E-state index contributed by atoms with van der Waals surface area (Å²) in [5.41, 5.74) is 4.89. The number of rotatable bonds is 5. The van der Waals surface area contributed by atoms with E-state index in [4.69, 9.17) is 5.73 Å². The predicted octanol–water partition coefficient (Wildman–Crippen LogP) is -0.155. The Morgan fingerprint density at radius 3 is 2.22 bits per heavy atom. The summed E-state index contributed by atoms with van der Waals surface area (Å²) in [6.45, 7) is 9.52. The topological polar surface area (TPSA) is 78.7 Å². The van der Waals surface area contributed by atoms with Crippen molar-refractivity contribution in [2.24, 2.45) is 11.7 Å². The first kappa shape index (κ1) is 14.9. The number of imide groups is 1. The number of carbonyl (C=O) groups excluding carboxylic acids is 2. The van der Waals surface area contributed by atoms with Crippen LogP contribution in [0.15, 0.2) is 0 Å². The van der Waals surface area contributed by atoms with Crippen LogP contribution < -0.4 is 11.1 Å². The zero-order valence-corrected chi connectivity index (χ0v) is 11.3. The second-order valence-corrected chi connectivity index (χ2v) is 5.21. The van der Waals surface area contributed by atoms with Crippen molar-refractivity contribution in [1.82, 2.24) is 15.1 Å². The summed E-state index contributed by atoms with van der Waals surface area (Å²) < 4.78 is 0. The summed E-state index contributed by atoms with van der Waals surface area (Å²) in [4.78, 5) is 26.3. The van der Waals surface area contributed by atoms with E-state index in [0.29, 0.717) is 0 Å². The molecule has 104 valence electrons. The van der Waals surface area contributed by atoms with Gasteiger partial charge < -0.3 is 10.6 Å². The van der Waals surface area contributed by atoms with Crippen LogP contribution in [0.1, 0.15) is 20.3 Å². The molecule has 0 bridgehead atoms. The molecule has 1 aliphatic rings. The number of nitrogens with two attached hydrogens (primary N) is 1. The Kier molecular flexibility index (Phi) is 6.07. The van der Waals surface area contributed by atoms with Crippen molar-refractivity contribution in [3.8, 4) is 0 Å². The van der Waals surface area contributed by atoms with Crippen molar-refractivity contribution in [3.05, 3.63) is 0 Å². The Balaban J connectivity index is 2.19. The molecule has 1 rings (SSSR count). The van der Waals surface area contributed by atoms with Crippen LogP contribution in [0.3, 0.4) is 0 Å². The minimum absolute atomic E-state index is 0.251. The van der Waals surface area contributed by atoms with E-state index in [9.17, 15) is 9.59 Å². The van der Waals surface area contributed by atoms with Gasteiger partial charge in [-0.2, -0.15) is 0 Å². The third-order valence-corrected chi connectivity index (χ3v) is 3.12. The molecule has 1 fully saturated rings. The lowest BCUT2D eigenvalue weighted by Gasteiger charge is -2.34. The van der Waals surface area contributed by atoms with Gasteiger partial charge in [-0.15, -0.1) is 0 Å². The molecular formula is C12H24N4O2. The average Bonchev–Trinajstić information content (AvgIpc) is 2.26. The Hall–Kier alpha value is -1.14. The highest BCUT2D eigenvalue weighted by molar-refractivity contribution is 5.94. The zero-order chi connectivity index (χ0) is 13.5. The van der Waals surface area contributed by atoms with E-state index < -0.39 is 6.03 Å². The first-order chi connectivity index (χ1) is 8.47. The summed E-state index contributed by atoms with van der Waals surface area (Å²) in [6.07, 6.45) is 1.21. The summed E-state index contributed by atoms with van der Waals surface area (Å²) in [5, 5.41) is 2.09. The van der Waals surface area contributed by atoms with E-state index in [1.165, 1.54) is 6.42 Å². The average molecular weight is 256 g/mol. The number of hydrogen-bond donors (Lipinski definition) is 2. The van der Waals surface area contributed by atoms with E-state index in [-0.39, 0.29) is 12.5 Å². The van der Waals surface area contributed by atoms with Gasteiger partial charge in [0.2, 0.25) is 5.91 Å². The number of nitrogens with zero attached hydrogens (tertiary/aromatic N) is 2. The number of nitrogens with one attached hydrogen (secondary N) is 1. The molecule has 18 heavy (non-hydrogen) atoms. The van der Waals surface area contributed by atoms with E-state index >= 15 is 0 Å². The third kappa shape index (κ3) is 5.97. The monoisotopic (exact) mass is 256 g/mol. The molecule has 1 heterocycles. The molecule has 0 aromatic carbocycles. The maximum absolute atomic E-state index is 11.4. The van der Waals surface area contributed by atoms with Crippen LogP contribution in [-0.4, -0.2) is 61.0 Å². The van der Waals surface area contributed by atoms with Crippen LogP contribution in [0.4, 0.5) is 4.79 Å². The van der Waals surface area contributed by atoms with Crippen LogP contribution in [0.25, 0.3) is 0 Å². The molecule has 0 aromatic rings. The lowest BCUT2D eigenvalue weighted by molar-refractivity contribution is -0.121. The molecule has 6 nitrogen and oxygen atoms in total. The molecule has 0 saturated carbocycles. The molecular weight excluding hydrogens is 232 g/mol. The van der Waals surface area contributed by atoms with Crippen molar-refractivity contribution in [1.29, 1.82) is 0 Å². The SMILES string of the molecule is CC(C)CCN1CCN(CC(=O)NC(N)=O)CC1. The molecule has 0 spiro atoms. The largest absolute Gasteiger partial charge is 0.351 e. The predicted molar refractivity (Wildman–Crippen MR) is 70.1 cm³/mol. The highest BCUT2D eigenvalue weighted by Crippen LogP contribution is 2.06. The second kappa shape index (κ2) is 7.33. The maximum atomic E-state index is 11.4. The number of carbonyl (C=O) groups is 2. The molecule has 0 radical (unpaired) electrons. The Labute approximate surface area is 108 Å². The minimum atomic E-state index is -0.782. The van der Waals surface area contributed by atoms with Gasteiger partial charge in [-0.25, -0.2) is 4.79 Å². The van der Waals surface area contributed by atoms with Gasteiger partial charge >= 0.3 is 6.03 Å². The Morgan fingerprint density at radius 2 is 1.72 bits per heavy atom. The van der Waals surface area contributed by atoms with Crippen LogP contribution in [-0.2, 0) is 4.79 Å². The molecule has 3 amide bonds. The Bertz CT molecular complexity index is 286. The minimum Gasteiger partial charge on any atom is -0.351 e. The van der Waals surface area contributed by atoms with Crippen LogP contribution in [0.5, 0.6) is 0 Å². The van der Waals surface area contributed by atoms with Crippen molar-refractivity contribution in [3.63, 3.8) is 0 Å². The van der Waals surface area contributed by atoms with Gasteiger partial charge in [-0.3, -0.25) is 15.0 Å². The van der Waals surface area contributed by atoms with Crippen molar-refractivity contribution >= 4 is 11.9 Å². The number of primary amides is 1. The molecule has 0 aromatic heterocycles. The van der Waals surface area contributed by atoms with E-state index in [1.807, 2.05) is 4.90 Å². The molecule has 0 aliphatic carbocycles. The molecule has 0 atom stereocenters. The highest BCUT2D eigenvalue weighted by atomic mass is 16.2. The molecule has 0 unspecified atom stereocenters. The Morgan fingerprint density at radius 1 is 1.17 bits per heavy atom. The maximum Gasteiger partial charge on any atom is 0.318 e. The standard InChI is InChI=1S/C12H24N4O2/c1-10(2)3-4-15-5-7-16(8-6-15)9-11(17)14-12(13)18/h10H,3-9H2,1-2H3,(H3,13,14,17,18). The van der Waals surface area contributed by atoms with Gasteiger partial charge in [0.1, 0.15) is 0 Å². The van der Waals surface area contributed by atoms with Gasteiger partial charge in [0.25, 0.3) is 0 Å². The molecule has 3 N–H and O–H groups in total. The van der Waals surface area contributed by atoms with E-state index in [0.717, 1.165) is 38.6 Å². The first-order valence-electron chi connectivity index (χ1n) is 6.51. The second-order valence-electron chi connectivity index (χ2n) is 5.21. The van der Waals surface area contributed by atoms with Crippen molar-refractivity contribution in [2.45, 2.75) is 20.3 Å². The quantitative estimate of drug-likeness (QED) is 0.717. The van der Waals surface area contributed by atoms with E-state index in [1.54, 1.807) is 0 Å². The number of hydrogen-bond acceptors (Lipinski definition) is 4. The summed E-state index contributed by atoms with van der Waals surface area (Å²) in [5.74, 6) is 0.405. The summed E-state index contributed by atoms with van der Waals surface area (Å²) >= 11 is 0. The van der Waals surface area contributed by atoms with Crippen LogP contribution in [0, 0.1) is 5.92 Å². The van der Waals surface area contributed by atoms with E-state index in [2.05, 4.69) is 24.1 Å². The zero-order valence-electron chi connectivity index (χ0n) is 11.3. The van der Waals surface area contributed by atoms with Gasteiger partial charge in [0.05, 0.1) is 6.54 Å². The highest BCUT2D eigenvalue weighted by Gasteiger charge is 2.19. The molecule has 1 saturated heterocycles. The van der Waals surface area contributed by atoms with Crippen LogP contribution >= 0.6 is 0 Å². The number of amides is 3. The smallest absolute Gasteiger partial charge is 0.318 e. The lowest BCUT2D eigenvalue weighted by atomic mass is 10.1. The fraction of sp³-hybridized carbons (Fsp3) is 0.833. The summed E-state index contributed by atoms with van der Waals surface area (Å²) in [7, 11) is 0.